The Morgan fingerprint density at radius 3 is 2.35 bits per heavy atom. The summed E-state index contributed by atoms with van der Waals surface area (Å²) in [5.74, 6) is -3.79. The summed E-state index contributed by atoms with van der Waals surface area (Å²) in [6.07, 6.45) is -0.254. The van der Waals surface area contributed by atoms with Gasteiger partial charge in [0.25, 0.3) is 5.56 Å². The molecule has 0 saturated heterocycles. The van der Waals surface area contributed by atoms with Crippen molar-refractivity contribution in [2.75, 3.05) is 13.7 Å². The van der Waals surface area contributed by atoms with Crippen LogP contribution in [0.15, 0.2) is 63.1 Å². The predicted octanol–water partition coefficient (Wildman–Crippen LogP) is 3.22. The maximum absolute atomic E-state index is 13.8. The van der Waals surface area contributed by atoms with E-state index in [-0.39, 0.29) is 25.1 Å². The number of nitrogens with zero attached hydrogens (tertiary/aromatic N) is 2. The Morgan fingerprint density at radius 2 is 1.76 bits per heavy atom. The molecule has 1 aromatic heterocycles. The minimum absolute atomic E-state index is 0.0320. The smallest absolute Gasteiger partial charge is 0.277 e. The number of hydrogen-bond acceptors (Lipinski definition) is 7. The Morgan fingerprint density at radius 1 is 1.09 bits per heavy atom. The molecule has 1 unspecified atom stereocenters. The van der Waals surface area contributed by atoms with Gasteiger partial charge in [0.05, 0.1) is 23.6 Å². The van der Waals surface area contributed by atoms with Crippen LogP contribution < -0.4 is 5.56 Å². The molecule has 3 rings (SSSR count). The van der Waals surface area contributed by atoms with Crippen LogP contribution in [-0.4, -0.2) is 42.9 Å². The van der Waals surface area contributed by atoms with Crippen LogP contribution in [0.5, 0.6) is 5.88 Å². The Labute approximate surface area is 195 Å². The summed E-state index contributed by atoms with van der Waals surface area (Å²) >= 11 is 0. The highest BCUT2D eigenvalue weighted by molar-refractivity contribution is 7.91. The fourth-order valence-corrected chi connectivity index (χ4v) is 4.72. The third kappa shape index (κ3) is 5.16. The summed E-state index contributed by atoms with van der Waals surface area (Å²) in [6, 6.07) is 9.72. The van der Waals surface area contributed by atoms with Gasteiger partial charge in [-0.2, -0.15) is 4.98 Å². The average Bonchev–Trinajstić information content (AvgIpc) is 2.78. The zero-order valence-corrected chi connectivity index (χ0v) is 19.6. The Bertz CT molecular complexity index is 1330. The van der Waals surface area contributed by atoms with Gasteiger partial charge < -0.3 is 14.6 Å². The molecule has 0 aliphatic carbocycles. The normalized spacial score (nSPS) is 12.8. The first-order valence-corrected chi connectivity index (χ1v) is 11.8. The molecule has 3 aromatic rings. The summed E-state index contributed by atoms with van der Waals surface area (Å²) in [4.78, 5) is 15.8. The van der Waals surface area contributed by atoms with E-state index in [0.29, 0.717) is 17.7 Å². The predicted molar refractivity (Wildman–Crippen MR) is 118 cm³/mol. The molecule has 8 nitrogen and oxygen atoms in total. The number of ether oxygens (including phenoxy) is 2. The summed E-state index contributed by atoms with van der Waals surface area (Å²) < 4.78 is 65.5. The van der Waals surface area contributed by atoms with E-state index in [4.69, 9.17) is 9.47 Å². The molecule has 0 aliphatic heterocycles. The number of sulfone groups is 1. The lowest BCUT2D eigenvalue weighted by Gasteiger charge is -2.24. The zero-order valence-electron chi connectivity index (χ0n) is 18.7. The topological polar surface area (TPSA) is 108 Å². The number of hydrogen-bond donors (Lipinski definition) is 1. The van der Waals surface area contributed by atoms with E-state index in [0.717, 1.165) is 10.6 Å². The SMILES string of the molecule is COCC(c1ccccc1)n1c(COC(C)C)nc(O)c(S(=O)(=O)c2ccc(F)c(F)c2)c1=O. The van der Waals surface area contributed by atoms with Gasteiger partial charge >= 0.3 is 0 Å². The van der Waals surface area contributed by atoms with Gasteiger partial charge in [-0.3, -0.25) is 9.36 Å². The molecule has 0 fully saturated rings. The van der Waals surface area contributed by atoms with E-state index in [2.05, 4.69) is 4.98 Å². The van der Waals surface area contributed by atoms with Crippen LogP contribution in [-0.2, 0) is 25.9 Å². The van der Waals surface area contributed by atoms with Gasteiger partial charge in [-0.05, 0) is 37.6 Å². The highest BCUT2D eigenvalue weighted by Gasteiger charge is 2.32. The number of halogens is 2. The van der Waals surface area contributed by atoms with Gasteiger partial charge in [0.1, 0.15) is 12.4 Å². The average molecular weight is 495 g/mol. The summed E-state index contributed by atoms with van der Waals surface area (Å²) in [7, 11) is -3.36. The van der Waals surface area contributed by atoms with Gasteiger partial charge in [-0.25, -0.2) is 17.2 Å². The first kappa shape index (κ1) is 25.5. The van der Waals surface area contributed by atoms with Crippen LogP contribution in [0, 0.1) is 11.6 Å². The zero-order chi connectivity index (χ0) is 25.0. The molecule has 0 amide bonds. The molecule has 0 bridgehead atoms. The van der Waals surface area contributed by atoms with E-state index in [9.17, 15) is 27.1 Å². The van der Waals surface area contributed by atoms with E-state index in [1.54, 1.807) is 44.2 Å². The monoisotopic (exact) mass is 494 g/mol. The summed E-state index contributed by atoms with van der Waals surface area (Å²) in [5.41, 5.74) is -0.494. The van der Waals surface area contributed by atoms with Crippen LogP contribution in [0.2, 0.25) is 0 Å². The summed E-state index contributed by atoms with van der Waals surface area (Å²) in [6.45, 7) is 3.27. The molecular weight excluding hydrogens is 470 g/mol. The second kappa shape index (κ2) is 10.4. The van der Waals surface area contributed by atoms with Crippen molar-refractivity contribution in [1.82, 2.24) is 9.55 Å². The molecule has 0 radical (unpaired) electrons. The summed E-state index contributed by atoms with van der Waals surface area (Å²) in [5, 5.41) is 10.5. The molecule has 1 N–H and O–H groups in total. The molecule has 2 aromatic carbocycles. The Hall–Kier alpha value is -3.15. The van der Waals surface area contributed by atoms with Crippen molar-refractivity contribution in [3.63, 3.8) is 0 Å². The maximum Gasteiger partial charge on any atom is 0.277 e. The highest BCUT2D eigenvalue weighted by Crippen LogP contribution is 2.28. The van der Waals surface area contributed by atoms with Crippen LogP contribution in [0.4, 0.5) is 8.78 Å². The molecule has 182 valence electrons. The standard InChI is InChI=1S/C23H24F2N2O6S/c1-14(2)33-13-20-26-22(28)21(34(30,31)16-9-10-17(24)18(25)11-16)23(29)27(20)19(12-32-3)15-7-5-4-6-8-15/h4-11,14,19,28H,12-13H2,1-3H3. The van der Waals surface area contributed by atoms with Crippen LogP contribution in [0.1, 0.15) is 31.3 Å². The second-order valence-corrected chi connectivity index (χ2v) is 9.56. The molecule has 0 spiro atoms. The first-order valence-electron chi connectivity index (χ1n) is 10.3. The van der Waals surface area contributed by atoms with Crippen molar-refractivity contribution in [2.45, 2.75) is 42.4 Å². The number of methoxy groups -OCH3 is 1. The van der Waals surface area contributed by atoms with Crippen LogP contribution in [0.25, 0.3) is 0 Å². The van der Waals surface area contributed by atoms with E-state index >= 15 is 0 Å². The molecule has 0 aliphatic rings. The van der Waals surface area contributed by atoms with Crippen molar-refractivity contribution < 1.29 is 31.8 Å². The number of benzene rings is 2. The maximum atomic E-state index is 13.8. The number of aromatic hydroxyl groups is 1. The lowest BCUT2D eigenvalue weighted by atomic mass is 10.1. The van der Waals surface area contributed by atoms with Crippen molar-refractivity contribution in [3.8, 4) is 5.88 Å². The van der Waals surface area contributed by atoms with E-state index in [1.165, 1.54) is 7.11 Å². The lowest BCUT2D eigenvalue weighted by Crippen LogP contribution is -2.35. The van der Waals surface area contributed by atoms with Crippen molar-refractivity contribution in [1.29, 1.82) is 0 Å². The second-order valence-electron chi connectivity index (χ2n) is 7.68. The fourth-order valence-electron chi connectivity index (χ4n) is 3.36. The van der Waals surface area contributed by atoms with E-state index in [1.807, 2.05) is 0 Å². The number of aromatic nitrogens is 2. The van der Waals surface area contributed by atoms with Gasteiger partial charge in [0.15, 0.2) is 16.5 Å². The molecule has 11 heteroatoms. The molecular formula is C23H24F2N2O6S. The van der Waals surface area contributed by atoms with Gasteiger partial charge in [-0.15, -0.1) is 0 Å². The van der Waals surface area contributed by atoms with E-state index < -0.39 is 48.7 Å². The minimum atomic E-state index is -4.77. The Kier molecular flexibility index (Phi) is 7.80. The van der Waals surface area contributed by atoms with Crippen molar-refractivity contribution in [3.05, 3.63) is 81.9 Å². The van der Waals surface area contributed by atoms with Gasteiger partial charge in [-0.1, -0.05) is 30.3 Å². The fraction of sp³-hybridized carbons (Fsp3) is 0.304. The van der Waals surface area contributed by atoms with Gasteiger partial charge in [0, 0.05) is 7.11 Å². The first-order chi connectivity index (χ1) is 16.1. The third-order valence-electron chi connectivity index (χ3n) is 4.97. The molecule has 1 heterocycles. The highest BCUT2D eigenvalue weighted by atomic mass is 32.2. The van der Waals surface area contributed by atoms with Crippen LogP contribution in [0.3, 0.4) is 0 Å². The van der Waals surface area contributed by atoms with Crippen molar-refractivity contribution in [2.24, 2.45) is 0 Å². The lowest BCUT2D eigenvalue weighted by molar-refractivity contribution is 0.0557. The quantitative estimate of drug-likeness (QED) is 0.455. The third-order valence-corrected chi connectivity index (χ3v) is 6.73. The van der Waals surface area contributed by atoms with Crippen molar-refractivity contribution >= 4 is 9.84 Å². The largest absolute Gasteiger partial charge is 0.492 e. The molecule has 1 atom stereocenters. The van der Waals surface area contributed by atoms with Gasteiger partial charge in [0.2, 0.25) is 15.7 Å². The number of rotatable bonds is 9. The van der Waals surface area contributed by atoms with Crippen LogP contribution >= 0.6 is 0 Å². The Balaban J connectivity index is 2.31. The molecule has 34 heavy (non-hydrogen) atoms. The molecule has 0 saturated carbocycles. The minimum Gasteiger partial charge on any atom is -0.492 e.